The van der Waals surface area contributed by atoms with Crippen molar-refractivity contribution in [1.82, 2.24) is 14.9 Å². The summed E-state index contributed by atoms with van der Waals surface area (Å²) in [7, 11) is -4.02. The molecule has 1 aromatic heterocycles. The fraction of sp³-hybridized carbons (Fsp3) is 0.185. The highest BCUT2D eigenvalue weighted by atomic mass is 35.5. The van der Waals surface area contributed by atoms with E-state index in [2.05, 4.69) is 10.3 Å². The molecule has 9 heteroatoms. The number of nitrogens with zero attached hydrogens (tertiary/aromatic N) is 3. The van der Waals surface area contributed by atoms with Gasteiger partial charge in [0.2, 0.25) is 5.91 Å². The standard InChI is InChI=1S/C27H27ClN4O3S/c1-19-8-11-24(12-9-19)36(34,35)32(25-13-10-23(28)16-20(25)2)18-27(33)30-17-22-6-4-5-7-26(22)31-15-14-29-21(31)3/h4-16H,17-18H2,1-3H3,(H,30,33). The van der Waals surface area contributed by atoms with Crippen molar-refractivity contribution in [2.45, 2.75) is 32.2 Å². The molecule has 0 aliphatic heterocycles. The van der Waals surface area contributed by atoms with Crippen LogP contribution in [0.3, 0.4) is 0 Å². The Morgan fingerprint density at radius 2 is 1.75 bits per heavy atom. The molecular weight excluding hydrogens is 496 g/mol. The Balaban J connectivity index is 1.61. The van der Waals surface area contributed by atoms with Gasteiger partial charge >= 0.3 is 0 Å². The van der Waals surface area contributed by atoms with Crippen molar-refractivity contribution in [3.05, 3.63) is 107 Å². The second-order valence-electron chi connectivity index (χ2n) is 8.51. The summed E-state index contributed by atoms with van der Waals surface area (Å²) in [4.78, 5) is 17.5. The van der Waals surface area contributed by atoms with Gasteiger partial charge < -0.3 is 9.88 Å². The van der Waals surface area contributed by atoms with Crippen molar-refractivity contribution >= 4 is 33.2 Å². The molecule has 0 fully saturated rings. The molecule has 7 nitrogen and oxygen atoms in total. The molecule has 36 heavy (non-hydrogen) atoms. The van der Waals surface area contributed by atoms with Gasteiger partial charge in [0.15, 0.2) is 0 Å². The largest absolute Gasteiger partial charge is 0.350 e. The molecule has 0 aliphatic carbocycles. The first-order chi connectivity index (χ1) is 17.2. The zero-order valence-electron chi connectivity index (χ0n) is 20.3. The number of carbonyl (C=O) groups is 1. The molecule has 3 aromatic carbocycles. The molecule has 4 rings (SSSR count). The quantitative estimate of drug-likeness (QED) is 0.354. The van der Waals surface area contributed by atoms with Gasteiger partial charge in [0.1, 0.15) is 12.4 Å². The molecule has 0 radical (unpaired) electrons. The lowest BCUT2D eigenvalue weighted by molar-refractivity contribution is -0.119. The van der Waals surface area contributed by atoms with Crippen molar-refractivity contribution in [3.63, 3.8) is 0 Å². The van der Waals surface area contributed by atoms with Crippen LogP contribution >= 0.6 is 11.6 Å². The molecule has 0 saturated heterocycles. The first-order valence-corrected chi connectivity index (χ1v) is 13.2. The zero-order valence-corrected chi connectivity index (χ0v) is 21.8. The number of hydrogen-bond donors (Lipinski definition) is 1. The maximum atomic E-state index is 13.6. The Labute approximate surface area is 216 Å². The highest BCUT2D eigenvalue weighted by molar-refractivity contribution is 7.92. The summed E-state index contributed by atoms with van der Waals surface area (Å²) in [5, 5.41) is 3.37. The van der Waals surface area contributed by atoms with Gasteiger partial charge in [-0.1, -0.05) is 47.5 Å². The smallest absolute Gasteiger partial charge is 0.264 e. The van der Waals surface area contributed by atoms with E-state index in [1.54, 1.807) is 55.6 Å². The lowest BCUT2D eigenvalue weighted by atomic mass is 10.1. The SMILES string of the molecule is Cc1ccc(S(=O)(=O)N(CC(=O)NCc2ccccc2-n2ccnc2C)c2ccc(Cl)cc2C)cc1. The third-order valence-electron chi connectivity index (χ3n) is 5.88. The number of imidazole rings is 1. The molecule has 1 N–H and O–H groups in total. The molecule has 4 aromatic rings. The maximum Gasteiger partial charge on any atom is 0.264 e. The van der Waals surface area contributed by atoms with Crippen LogP contribution in [0.15, 0.2) is 84.0 Å². The number of halogens is 1. The van der Waals surface area contributed by atoms with Gasteiger partial charge in [-0.3, -0.25) is 9.10 Å². The summed E-state index contributed by atoms with van der Waals surface area (Å²) in [6, 6.07) is 19.1. The van der Waals surface area contributed by atoms with E-state index in [-0.39, 0.29) is 18.0 Å². The summed E-state index contributed by atoms with van der Waals surface area (Å²) < 4.78 is 30.3. The van der Waals surface area contributed by atoms with E-state index in [0.717, 1.165) is 26.9 Å². The van der Waals surface area contributed by atoms with E-state index in [0.29, 0.717) is 16.3 Å². The minimum Gasteiger partial charge on any atom is -0.350 e. The number of benzene rings is 3. The average Bonchev–Trinajstić information content (AvgIpc) is 3.27. The molecule has 0 unspecified atom stereocenters. The highest BCUT2D eigenvalue weighted by Crippen LogP contribution is 2.29. The summed E-state index contributed by atoms with van der Waals surface area (Å²) in [5.41, 5.74) is 3.75. The van der Waals surface area contributed by atoms with Crippen LogP contribution in [0.25, 0.3) is 5.69 Å². The van der Waals surface area contributed by atoms with Crippen LogP contribution in [-0.4, -0.2) is 30.4 Å². The Bertz CT molecular complexity index is 1500. The normalized spacial score (nSPS) is 11.3. The molecule has 0 bridgehead atoms. The topological polar surface area (TPSA) is 84.3 Å². The number of anilines is 1. The Hall–Kier alpha value is -3.62. The van der Waals surface area contributed by atoms with Crippen LogP contribution < -0.4 is 9.62 Å². The van der Waals surface area contributed by atoms with Crippen LogP contribution in [0.5, 0.6) is 0 Å². The van der Waals surface area contributed by atoms with Gasteiger partial charge in [-0.25, -0.2) is 13.4 Å². The molecule has 0 atom stereocenters. The van der Waals surface area contributed by atoms with Crippen LogP contribution in [0, 0.1) is 20.8 Å². The van der Waals surface area contributed by atoms with Crippen molar-refractivity contribution < 1.29 is 13.2 Å². The number of aromatic nitrogens is 2. The Morgan fingerprint density at radius 1 is 1.03 bits per heavy atom. The molecule has 0 spiro atoms. The molecule has 1 amide bonds. The lowest BCUT2D eigenvalue weighted by Crippen LogP contribution is -2.41. The average molecular weight is 523 g/mol. The first-order valence-electron chi connectivity index (χ1n) is 11.4. The third kappa shape index (κ3) is 5.45. The fourth-order valence-corrected chi connectivity index (χ4v) is 5.66. The highest BCUT2D eigenvalue weighted by Gasteiger charge is 2.28. The summed E-state index contributed by atoms with van der Waals surface area (Å²) >= 11 is 6.11. The number of para-hydroxylation sites is 1. The number of sulfonamides is 1. The van der Waals surface area contributed by atoms with Gasteiger partial charge in [0.25, 0.3) is 10.0 Å². The van der Waals surface area contributed by atoms with Crippen LogP contribution in [-0.2, 0) is 21.4 Å². The number of aryl methyl sites for hydroxylation is 3. The maximum absolute atomic E-state index is 13.6. The predicted octanol–water partition coefficient (Wildman–Crippen LogP) is 4.96. The van der Waals surface area contributed by atoms with E-state index in [9.17, 15) is 13.2 Å². The Morgan fingerprint density at radius 3 is 2.42 bits per heavy atom. The fourth-order valence-electron chi connectivity index (χ4n) is 3.94. The molecule has 0 aliphatic rings. The second-order valence-corrected chi connectivity index (χ2v) is 10.8. The van der Waals surface area contributed by atoms with Crippen molar-refractivity contribution in [1.29, 1.82) is 0 Å². The van der Waals surface area contributed by atoms with Crippen LogP contribution in [0.1, 0.15) is 22.5 Å². The van der Waals surface area contributed by atoms with Crippen molar-refractivity contribution in [2.24, 2.45) is 0 Å². The monoisotopic (exact) mass is 522 g/mol. The molecule has 0 saturated carbocycles. The van der Waals surface area contributed by atoms with Crippen molar-refractivity contribution in [3.8, 4) is 5.69 Å². The molecule has 1 heterocycles. The van der Waals surface area contributed by atoms with E-state index >= 15 is 0 Å². The van der Waals surface area contributed by atoms with Crippen LogP contribution in [0.2, 0.25) is 5.02 Å². The van der Waals surface area contributed by atoms with Gasteiger partial charge in [0, 0.05) is 24.0 Å². The number of rotatable bonds is 8. The number of carbonyl (C=O) groups excluding carboxylic acids is 1. The van der Waals surface area contributed by atoms with Gasteiger partial charge in [-0.15, -0.1) is 0 Å². The summed E-state index contributed by atoms with van der Waals surface area (Å²) in [6.07, 6.45) is 3.57. The molecular formula is C27H27ClN4O3S. The number of amides is 1. The van der Waals surface area contributed by atoms with Crippen molar-refractivity contribution in [2.75, 3.05) is 10.8 Å². The van der Waals surface area contributed by atoms with Gasteiger partial charge in [0.05, 0.1) is 16.3 Å². The zero-order chi connectivity index (χ0) is 25.9. The summed E-state index contributed by atoms with van der Waals surface area (Å²) in [5.74, 6) is 0.388. The molecule has 186 valence electrons. The van der Waals surface area contributed by atoms with E-state index < -0.39 is 15.9 Å². The minimum atomic E-state index is -4.02. The second kappa shape index (κ2) is 10.6. The van der Waals surface area contributed by atoms with E-state index in [1.807, 2.05) is 48.9 Å². The Kier molecular flexibility index (Phi) is 7.47. The predicted molar refractivity (Wildman–Crippen MR) is 142 cm³/mol. The minimum absolute atomic E-state index is 0.108. The van der Waals surface area contributed by atoms with Gasteiger partial charge in [-0.05, 0) is 68.3 Å². The number of hydrogen-bond acceptors (Lipinski definition) is 4. The first kappa shape index (κ1) is 25.5. The summed E-state index contributed by atoms with van der Waals surface area (Å²) in [6.45, 7) is 5.39. The third-order valence-corrected chi connectivity index (χ3v) is 7.89. The number of nitrogens with one attached hydrogen (secondary N) is 1. The van der Waals surface area contributed by atoms with Gasteiger partial charge in [-0.2, -0.15) is 0 Å². The van der Waals surface area contributed by atoms with Crippen LogP contribution in [0.4, 0.5) is 5.69 Å². The lowest BCUT2D eigenvalue weighted by Gasteiger charge is -2.26. The van der Waals surface area contributed by atoms with E-state index in [1.165, 1.54) is 0 Å². The van der Waals surface area contributed by atoms with E-state index in [4.69, 9.17) is 11.6 Å².